The van der Waals surface area contributed by atoms with Crippen LogP contribution in [0.1, 0.15) is 51.9 Å². The van der Waals surface area contributed by atoms with Crippen molar-refractivity contribution in [2.75, 3.05) is 25.9 Å². The highest BCUT2D eigenvalue weighted by Gasteiger charge is 2.36. The average molecular weight is 346 g/mol. The molecule has 2 atom stereocenters. The fourth-order valence-corrected chi connectivity index (χ4v) is 4.68. The van der Waals surface area contributed by atoms with Gasteiger partial charge >= 0.3 is 0 Å². The van der Waals surface area contributed by atoms with E-state index in [1.54, 1.807) is 0 Å². The molecule has 23 heavy (non-hydrogen) atoms. The second-order valence-corrected chi connectivity index (χ2v) is 8.87. The van der Waals surface area contributed by atoms with Gasteiger partial charge in [-0.25, -0.2) is 12.7 Å². The number of carbonyl (C=O) groups is 1. The number of piperidine rings is 1. The molecule has 1 saturated carbocycles. The molecule has 7 heteroatoms. The van der Waals surface area contributed by atoms with Crippen molar-refractivity contribution in [2.24, 2.45) is 5.92 Å². The van der Waals surface area contributed by atoms with E-state index >= 15 is 0 Å². The lowest BCUT2D eigenvalue weighted by molar-refractivity contribution is -0.143. The molecular formula is C16H30N2O4S. The van der Waals surface area contributed by atoms with Crippen LogP contribution in [0.5, 0.6) is 0 Å². The van der Waals surface area contributed by atoms with E-state index in [2.05, 4.69) is 0 Å². The predicted octanol–water partition coefficient (Wildman–Crippen LogP) is 1.20. The third-order valence-electron chi connectivity index (χ3n) is 5.11. The van der Waals surface area contributed by atoms with Gasteiger partial charge in [0.2, 0.25) is 15.9 Å². The normalized spacial score (nSPS) is 27.8. The van der Waals surface area contributed by atoms with Crippen LogP contribution in [0, 0.1) is 5.92 Å². The minimum Gasteiger partial charge on any atom is -0.391 e. The maximum Gasteiger partial charge on any atom is 0.226 e. The molecule has 0 radical (unpaired) electrons. The summed E-state index contributed by atoms with van der Waals surface area (Å²) in [6, 6.07) is -0.0656. The van der Waals surface area contributed by atoms with Crippen molar-refractivity contribution in [1.82, 2.24) is 9.21 Å². The zero-order chi connectivity index (χ0) is 17.0. The summed E-state index contributed by atoms with van der Waals surface area (Å²) >= 11 is 0. The Morgan fingerprint density at radius 1 is 1.17 bits per heavy atom. The van der Waals surface area contributed by atoms with Crippen LogP contribution >= 0.6 is 0 Å². The second-order valence-electron chi connectivity index (χ2n) is 6.89. The molecule has 0 bridgehead atoms. The molecule has 2 aliphatic rings. The van der Waals surface area contributed by atoms with E-state index in [9.17, 15) is 18.3 Å². The summed E-state index contributed by atoms with van der Waals surface area (Å²) in [6.07, 6.45) is 6.55. The van der Waals surface area contributed by atoms with Crippen molar-refractivity contribution in [2.45, 2.75) is 64.0 Å². The van der Waals surface area contributed by atoms with Crippen LogP contribution in [0.25, 0.3) is 0 Å². The first-order valence-corrected chi connectivity index (χ1v) is 10.6. The number of carbonyl (C=O) groups excluding carboxylic acids is 1. The molecule has 2 fully saturated rings. The molecule has 1 N–H and O–H groups in total. The number of nitrogens with zero attached hydrogens (tertiary/aromatic N) is 2. The summed E-state index contributed by atoms with van der Waals surface area (Å²) < 4.78 is 24.6. The molecule has 6 nitrogen and oxygen atoms in total. The van der Waals surface area contributed by atoms with Crippen molar-refractivity contribution in [3.8, 4) is 0 Å². The molecule has 0 spiro atoms. The molecule has 0 aromatic carbocycles. The molecule has 0 aromatic rings. The van der Waals surface area contributed by atoms with Crippen molar-refractivity contribution in [3.63, 3.8) is 0 Å². The summed E-state index contributed by atoms with van der Waals surface area (Å²) in [6.45, 7) is 3.56. The van der Waals surface area contributed by atoms with Gasteiger partial charge in [0.15, 0.2) is 0 Å². The van der Waals surface area contributed by atoms with Gasteiger partial charge in [0, 0.05) is 25.6 Å². The Morgan fingerprint density at radius 2 is 1.78 bits per heavy atom. The topological polar surface area (TPSA) is 77.9 Å². The SMILES string of the molecule is CCCN(C(=O)C1CCN(S(C)(=O)=O)CC1)[C@H]1CCCC[C@@H]1O. The van der Waals surface area contributed by atoms with E-state index < -0.39 is 16.1 Å². The van der Waals surface area contributed by atoms with Gasteiger partial charge in [-0.3, -0.25) is 4.79 Å². The van der Waals surface area contributed by atoms with Crippen LogP contribution in [-0.2, 0) is 14.8 Å². The largest absolute Gasteiger partial charge is 0.391 e. The molecule has 1 amide bonds. The van der Waals surface area contributed by atoms with Gasteiger partial charge in [0.1, 0.15) is 0 Å². The highest BCUT2D eigenvalue weighted by molar-refractivity contribution is 7.88. The Labute approximate surface area is 139 Å². The van der Waals surface area contributed by atoms with E-state index in [1.165, 1.54) is 10.6 Å². The maximum atomic E-state index is 12.9. The highest BCUT2D eigenvalue weighted by atomic mass is 32.2. The summed E-state index contributed by atoms with van der Waals surface area (Å²) in [7, 11) is -3.17. The first-order chi connectivity index (χ1) is 10.8. The Bertz CT molecular complexity index is 500. The van der Waals surface area contributed by atoms with Crippen molar-refractivity contribution in [1.29, 1.82) is 0 Å². The zero-order valence-electron chi connectivity index (χ0n) is 14.3. The second kappa shape index (κ2) is 7.94. The lowest BCUT2D eigenvalue weighted by atomic mass is 9.89. The van der Waals surface area contributed by atoms with Gasteiger partial charge < -0.3 is 10.0 Å². The third kappa shape index (κ3) is 4.67. The Kier molecular flexibility index (Phi) is 6.45. The molecular weight excluding hydrogens is 316 g/mol. The minimum atomic E-state index is -3.17. The smallest absolute Gasteiger partial charge is 0.226 e. The monoisotopic (exact) mass is 346 g/mol. The van der Waals surface area contributed by atoms with E-state index in [-0.39, 0.29) is 17.9 Å². The number of hydrogen-bond donors (Lipinski definition) is 1. The van der Waals surface area contributed by atoms with Crippen molar-refractivity contribution >= 4 is 15.9 Å². The summed E-state index contributed by atoms with van der Waals surface area (Å²) in [5, 5.41) is 10.3. The zero-order valence-corrected chi connectivity index (χ0v) is 15.1. The molecule has 1 aliphatic carbocycles. The number of sulfonamides is 1. The van der Waals surface area contributed by atoms with Gasteiger partial charge in [-0.15, -0.1) is 0 Å². The first kappa shape index (κ1) is 18.7. The van der Waals surface area contributed by atoms with E-state index in [0.717, 1.165) is 32.1 Å². The number of aliphatic hydroxyl groups excluding tert-OH is 1. The van der Waals surface area contributed by atoms with E-state index in [0.29, 0.717) is 32.5 Å². The molecule has 0 unspecified atom stereocenters. The van der Waals surface area contributed by atoms with Gasteiger partial charge in [-0.2, -0.15) is 0 Å². The van der Waals surface area contributed by atoms with Crippen LogP contribution < -0.4 is 0 Å². The predicted molar refractivity (Wildman–Crippen MR) is 89.4 cm³/mol. The van der Waals surface area contributed by atoms with Crippen LogP contribution in [0.15, 0.2) is 0 Å². The van der Waals surface area contributed by atoms with Gasteiger partial charge in [-0.1, -0.05) is 19.8 Å². The van der Waals surface area contributed by atoms with Crippen LogP contribution in [-0.4, -0.2) is 66.7 Å². The van der Waals surface area contributed by atoms with Crippen LogP contribution in [0.2, 0.25) is 0 Å². The molecule has 2 rings (SSSR count). The molecule has 1 heterocycles. The van der Waals surface area contributed by atoms with Gasteiger partial charge in [0.25, 0.3) is 0 Å². The highest BCUT2D eigenvalue weighted by Crippen LogP contribution is 2.28. The van der Waals surface area contributed by atoms with E-state index in [4.69, 9.17) is 0 Å². The van der Waals surface area contributed by atoms with Gasteiger partial charge in [-0.05, 0) is 32.1 Å². The summed E-state index contributed by atoms with van der Waals surface area (Å²) in [4.78, 5) is 14.8. The fourth-order valence-electron chi connectivity index (χ4n) is 3.80. The van der Waals surface area contributed by atoms with Crippen LogP contribution in [0.3, 0.4) is 0 Å². The lowest BCUT2D eigenvalue weighted by Gasteiger charge is -2.40. The molecule has 134 valence electrons. The summed E-state index contributed by atoms with van der Waals surface area (Å²) in [5.41, 5.74) is 0. The number of hydrogen-bond acceptors (Lipinski definition) is 4. The van der Waals surface area contributed by atoms with Crippen LogP contribution in [0.4, 0.5) is 0 Å². The molecule has 0 aromatic heterocycles. The lowest BCUT2D eigenvalue weighted by Crippen LogP contribution is -2.52. The number of rotatable bonds is 5. The van der Waals surface area contributed by atoms with Crippen molar-refractivity contribution < 1.29 is 18.3 Å². The first-order valence-electron chi connectivity index (χ1n) is 8.78. The standard InChI is InChI=1S/C16H30N2O4S/c1-3-10-18(14-6-4-5-7-15(14)19)16(20)13-8-11-17(12-9-13)23(2,21)22/h13-15,19H,3-12H2,1-2H3/t14-,15-/m0/s1. The Hall–Kier alpha value is -0.660. The minimum absolute atomic E-state index is 0.0656. The quantitative estimate of drug-likeness (QED) is 0.811. The maximum absolute atomic E-state index is 12.9. The van der Waals surface area contributed by atoms with Crippen molar-refractivity contribution in [3.05, 3.63) is 0 Å². The molecule has 1 saturated heterocycles. The number of amides is 1. The fraction of sp³-hybridized carbons (Fsp3) is 0.938. The Morgan fingerprint density at radius 3 is 2.30 bits per heavy atom. The average Bonchev–Trinajstić information content (AvgIpc) is 2.52. The molecule has 1 aliphatic heterocycles. The summed E-state index contributed by atoms with van der Waals surface area (Å²) in [5.74, 6) is -0.0142. The van der Waals surface area contributed by atoms with E-state index in [1.807, 2.05) is 11.8 Å². The Balaban J connectivity index is 2.01. The third-order valence-corrected chi connectivity index (χ3v) is 6.42. The number of aliphatic hydroxyl groups is 1. The van der Waals surface area contributed by atoms with Gasteiger partial charge in [0.05, 0.1) is 18.4 Å².